The first-order valence-corrected chi connectivity index (χ1v) is 13.1. The lowest BCUT2D eigenvalue weighted by atomic mass is 9.96. The van der Waals surface area contributed by atoms with E-state index in [1.54, 1.807) is 31.3 Å². The Kier molecular flexibility index (Phi) is 6.83. The SMILES string of the molecule is CN(CCN1CCC(c2nc3ccc(F)cc3[nH]2)CC1)S(=O)(=O)c1cc(Br)ccc1Br. The Hall–Kier alpha value is -1.33. The lowest BCUT2D eigenvalue weighted by molar-refractivity contribution is 0.201. The molecule has 31 heavy (non-hydrogen) atoms. The number of imidazole rings is 1. The van der Waals surface area contributed by atoms with Crippen molar-refractivity contribution in [1.82, 2.24) is 19.2 Å². The van der Waals surface area contributed by atoms with Crippen LogP contribution in [-0.4, -0.2) is 60.8 Å². The molecule has 6 nitrogen and oxygen atoms in total. The fourth-order valence-corrected chi connectivity index (χ4v) is 6.49. The Bertz CT molecular complexity index is 1190. The molecule has 10 heteroatoms. The van der Waals surface area contributed by atoms with E-state index in [2.05, 4.69) is 46.7 Å². The maximum absolute atomic E-state index is 13.4. The van der Waals surface area contributed by atoms with Gasteiger partial charge in [0.15, 0.2) is 0 Å². The van der Waals surface area contributed by atoms with Crippen LogP contribution >= 0.6 is 31.9 Å². The van der Waals surface area contributed by atoms with Gasteiger partial charge in [-0.2, -0.15) is 4.31 Å². The second kappa shape index (κ2) is 9.27. The number of H-pyrrole nitrogens is 1. The van der Waals surface area contributed by atoms with Crippen LogP contribution in [0.1, 0.15) is 24.6 Å². The Morgan fingerprint density at radius 2 is 1.94 bits per heavy atom. The van der Waals surface area contributed by atoms with Crippen molar-refractivity contribution in [2.75, 3.05) is 33.2 Å². The fourth-order valence-electron chi connectivity index (χ4n) is 3.87. The lowest BCUT2D eigenvalue weighted by Crippen LogP contribution is -2.40. The molecule has 1 fully saturated rings. The average molecular weight is 574 g/mol. The number of aromatic nitrogens is 2. The van der Waals surface area contributed by atoms with Gasteiger partial charge in [-0.15, -0.1) is 0 Å². The molecule has 0 amide bonds. The zero-order valence-electron chi connectivity index (χ0n) is 17.0. The van der Waals surface area contributed by atoms with Crippen LogP contribution < -0.4 is 0 Å². The molecule has 0 spiro atoms. The maximum atomic E-state index is 13.4. The Labute approximate surface area is 198 Å². The van der Waals surface area contributed by atoms with Gasteiger partial charge in [0.25, 0.3) is 0 Å². The molecule has 0 saturated carbocycles. The standard InChI is InChI=1S/C21H23Br2FN4O2S/c1-27(31(29,30)20-12-15(22)2-4-17(20)23)10-11-28-8-6-14(7-9-28)21-25-18-5-3-16(24)13-19(18)26-21/h2-5,12-14H,6-11H2,1H3,(H,25,26). The monoisotopic (exact) mass is 572 g/mol. The van der Waals surface area contributed by atoms with Gasteiger partial charge in [0.1, 0.15) is 11.6 Å². The summed E-state index contributed by atoms with van der Waals surface area (Å²) >= 11 is 6.68. The predicted octanol–water partition coefficient (Wildman–Crippen LogP) is 4.73. The molecule has 1 saturated heterocycles. The van der Waals surface area contributed by atoms with Crippen molar-refractivity contribution >= 4 is 52.9 Å². The molecule has 0 aliphatic carbocycles. The summed E-state index contributed by atoms with van der Waals surface area (Å²) in [4.78, 5) is 10.4. The summed E-state index contributed by atoms with van der Waals surface area (Å²) in [5, 5.41) is 0. The van der Waals surface area contributed by atoms with E-state index in [4.69, 9.17) is 0 Å². The van der Waals surface area contributed by atoms with E-state index in [0.717, 1.165) is 47.3 Å². The number of piperidine rings is 1. The second-order valence-corrected chi connectivity index (χ2v) is 11.6. The smallest absolute Gasteiger partial charge is 0.244 e. The summed E-state index contributed by atoms with van der Waals surface area (Å²) in [5.41, 5.74) is 1.51. The van der Waals surface area contributed by atoms with Crippen LogP contribution in [0.2, 0.25) is 0 Å². The molecule has 0 bridgehead atoms. The van der Waals surface area contributed by atoms with Gasteiger partial charge in [-0.25, -0.2) is 17.8 Å². The van der Waals surface area contributed by atoms with E-state index in [1.165, 1.54) is 16.4 Å². The first-order valence-electron chi connectivity index (χ1n) is 10.0. The normalized spacial score (nSPS) is 16.4. The van der Waals surface area contributed by atoms with E-state index in [0.29, 0.717) is 23.5 Å². The van der Waals surface area contributed by atoms with Crippen LogP contribution in [0.25, 0.3) is 11.0 Å². The molecule has 1 N–H and O–H groups in total. The molecule has 2 heterocycles. The van der Waals surface area contributed by atoms with Crippen molar-refractivity contribution in [3.05, 3.63) is 57.0 Å². The van der Waals surface area contributed by atoms with Crippen LogP contribution in [0.5, 0.6) is 0 Å². The van der Waals surface area contributed by atoms with E-state index in [-0.39, 0.29) is 10.7 Å². The number of sulfonamides is 1. The first kappa shape index (κ1) is 22.8. The third-order valence-electron chi connectivity index (χ3n) is 5.75. The number of hydrogen-bond acceptors (Lipinski definition) is 4. The first-order chi connectivity index (χ1) is 14.7. The van der Waals surface area contributed by atoms with Gasteiger partial charge in [0.2, 0.25) is 10.0 Å². The summed E-state index contributed by atoms with van der Waals surface area (Å²) in [5.74, 6) is 0.928. The van der Waals surface area contributed by atoms with Gasteiger partial charge < -0.3 is 9.88 Å². The highest BCUT2D eigenvalue weighted by molar-refractivity contribution is 9.11. The summed E-state index contributed by atoms with van der Waals surface area (Å²) in [6, 6.07) is 9.72. The maximum Gasteiger partial charge on any atom is 0.244 e. The summed E-state index contributed by atoms with van der Waals surface area (Å²) in [6.07, 6.45) is 1.85. The van der Waals surface area contributed by atoms with Crippen LogP contribution in [0.15, 0.2) is 50.2 Å². The number of benzene rings is 2. The van der Waals surface area contributed by atoms with Crippen LogP contribution in [0.3, 0.4) is 0 Å². The number of hydrogen-bond donors (Lipinski definition) is 1. The average Bonchev–Trinajstić information content (AvgIpc) is 3.17. The van der Waals surface area contributed by atoms with Gasteiger partial charge in [-0.05, 0) is 78.3 Å². The van der Waals surface area contributed by atoms with Crippen LogP contribution in [0, 0.1) is 5.82 Å². The molecule has 1 aliphatic heterocycles. The van der Waals surface area contributed by atoms with Gasteiger partial charge in [0.05, 0.1) is 15.9 Å². The third kappa shape index (κ3) is 5.03. The summed E-state index contributed by atoms with van der Waals surface area (Å²) < 4.78 is 42.0. The van der Waals surface area contributed by atoms with Gasteiger partial charge in [-0.1, -0.05) is 15.9 Å². The lowest BCUT2D eigenvalue weighted by Gasteiger charge is -2.32. The molecule has 0 unspecified atom stereocenters. The van der Waals surface area contributed by atoms with Crippen molar-refractivity contribution in [2.45, 2.75) is 23.7 Å². The number of fused-ring (bicyclic) bond motifs is 1. The van der Waals surface area contributed by atoms with Crippen LogP contribution in [-0.2, 0) is 10.0 Å². The van der Waals surface area contributed by atoms with Gasteiger partial charge in [0, 0.05) is 35.0 Å². The van der Waals surface area contributed by atoms with Crippen LogP contribution in [0.4, 0.5) is 4.39 Å². The zero-order valence-corrected chi connectivity index (χ0v) is 21.0. The van der Waals surface area contributed by atoms with E-state index in [9.17, 15) is 12.8 Å². The molecule has 1 aliphatic rings. The molecule has 2 aromatic carbocycles. The number of nitrogens with one attached hydrogen (secondary N) is 1. The molecule has 3 aromatic rings. The number of halogens is 3. The Morgan fingerprint density at radius 1 is 1.19 bits per heavy atom. The number of rotatable bonds is 6. The minimum Gasteiger partial charge on any atom is -0.342 e. The van der Waals surface area contributed by atoms with E-state index in [1.807, 2.05) is 0 Å². The summed E-state index contributed by atoms with van der Waals surface area (Å²) in [6.45, 7) is 2.81. The van der Waals surface area contributed by atoms with Crippen molar-refractivity contribution in [3.8, 4) is 0 Å². The molecular formula is C21H23Br2FN4O2S. The number of aromatic amines is 1. The van der Waals surface area contributed by atoms with Gasteiger partial charge >= 0.3 is 0 Å². The number of nitrogens with zero attached hydrogens (tertiary/aromatic N) is 3. The Morgan fingerprint density at radius 3 is 2.68 bits per heavy atom. The van der Waals surface area contributed by atoms with E-state index >= 15 is 0 Å². The number of likely N-dealkylation sites (N-methyl/N-ethyl adjacent to an activating group) is 1. The topological polar surface area (TPSA) is 69.3 Å². The minimum atomic E-state index is -3.58. The van der Waals surface area contributed by atoms with Gasteiger partial charge in [-0.3, -0.25) is 0 Å². The van der Waals surface area contributed by atoms with Crippen molar-refractivity contribution in [3.63, 3.8) is 0 Å². The van der Waals surface area contributed by atoms with Crippen molar-refractivity contribution in [2.24, 2.45) is 0 Å². The molecule has 166 valence electrons. The van der Waals surface area contributed by atoms with Crippen molar-refractivity contribution < 1.29 is 12.8 Å². The predicted molar refractivity (Wildman–Crippen MR) is 126 cm³/mol. The highest BCUT2D eigenvalue weighted by atomic mass is 79.9. The quantitative estimate of drug-likeness (QED) is 0.463. The minimum absolute atomic E-state index is 0.254. The number of likely N-dealkylation sites (tertiary alicyclic amines) is 1. The molecule has 0 atom stereocenters. The fraction of sp³-hybridized carbons (Fsp3) is 0.381. The summed E-state index contributed by atoms with van der Waals surface area (Å²) in [7, 11) is -1.97. The molecule has 4 rings (SSSR count). The third-order valence-corrected chi connectivity index (χ3v) is 9.09. The Balaban J connectivity index is 1.34. The highest BCUT2D eigenvalue weighted by Gasteiger charge is 2.26. The molecule has 1 aromatic heterocycles. The molecular weight excluding hydrogens is 551 g/mol. The second-order valence-electron chi connectivity index (χ2n) is 7.80. The zero-order chi connectivity index (χ0) is 22.2. The molecule has 0 radical (unpaired) electrons. The highest BCUT2D eigenvalue weighted by Crippen LogP contribution is 2.29. The van der Waals surface area contributed by atoms with Crippen molar-refractivity contribution in [1.29, 1.82) is 0 Å². The largest absolute Gasteiger partial charge is 0.342 e. The van der Waals surface area contributed by atoms with E-state index < -0.39 is 10.0 Å².